The maximum absolute atomic E-state index is 12.3. The van der Waals surface area contributed by atoms with Gasteiger partial charge in [-0.25, -0.2) is 0 Å². The molecule has 7 heteroatoms. The third kappa shape index (κ3) is 5.13. The number of ether oxygens (including phenoxy) is 1. The fourth-order valence-electron chi connectivity index (χ4n) is 2.44. The first-order valence-corrected chi connectivity index (χ1v) is 6.62. The van der Waals surface area contributed by atoms with E-state index in [0.717, 1.165) is 12.8 Å². The molecule has 0 heterocycles. The molecule has 2 rings (SSSR count). The summed E-state index contributed by atoms with van der Waals surface area (Å²) < 4.78 is 28.9. The number of para-hydroxylation sites is 1. The second-order valence-electron chi connectivity index (χ2n) is 4.97. The molecule has 118 valence electrons. The van der Waals surface area contributed by atoms with E-state index >= 15 is 0 Å². The smallest absolute Gasteiger partial charge is 0.387 e. The van der Waals surface area contributed by atoms with Crippen LogP contribution in [0.25, 0.3) is 0 Å². The molecular formula is C14H19ClF2N2O2. The van der Waals surface area contributed by atoms with Crippen molar-refractivity contribution < 1.29 is 18.3 Å². The summed E-state index contributed by atoms with van der Waals surface area (Å²) in [6.45, 7) is -2.70. The Labute approximate surface area is 128 Å². The molecule has 2 unspecified atom stereocenters. The molecule has 0 bridgehead atoms. The van der Waals surface area contributed by atoms with Crippen molar-refractivity contribution in [1.29, 1.82) is 0 Å². The quantitative estimate of drug-likeness (QED) is 0.876. The van der Waals surface area contributed by atoms with Crippen LogP contribution in [0.4, 0.5) is 8.78 Å². The average Bonchev–Trinajstić information content (AvgIpc) is 2.83. The first-order chi connectivity index (χ1) is 9.56. The van der Waals surface area contributed by atoms with Gasteiger partial charge in [0, 0.05) is 24.1 Å². The van der Waals surface area contributed by atoms with Gasteiger partial charge in [0.2, 0.25) is 5.91 Å². The number of hydrogen-bond donors (Lipinski definition) is 2. The summed E-state index contributed by atoms with van der Waals surface area (Å²) in [4.78, 5) is 11.9. The van der Waals surface area contributed by atoms with E-state index in [9.17, 15) is 13.6 Å². The van der Waals surface area contributed by atoms with Gasteiger partial charge in [-0.1, -0.05) is 18.2 Å². The van der Waals surface area contributed by atoms with Crippen molar-refractivity contribution in [3.05, 3.63) is 29.8 Å². The molecule has 1 fully saturated rings. The van der Waals surface area contributed by atoms with Crippen molar-refractivity contribution in [2.75, 3.05) is 0 Å². The van der Waals surface area contributed by atoms with Crippen LogP contribution >= 0.6 is 12.4 Å². The molecule has 0 aromatic heterocycles. The zero-order valence-corrected chi connectivity index (χ0v) is 12.2. The van der Waals surface area contributed by atoms with Crippen LogP contribution in [-0.4, -0.2) is 18.6 Å². The van der Waals surface area contributed by atoms with Crippen LogP contribution in [0.5, 0.6) is 5.75 Å². The first-order valence-electron chi connectivity index (χ1n) is 6.62. The molecule has 2 atom stereocenters. The highest BCUT2D eigenvalue weighted by atomic mass is 35.5. The summed E-state index contributed by atoms with van der Waals surface area (Å²) in [5.41, 5.74) is 6.30. The number of amides is 1. The van der Waals surface area contributed by atoms with Gasteiger partial charge in [-0.15, -0.1) is 12.4 Å². The predicted molar refractivity (Wildman–Crippen MR) is 77.5 cm³/mol. The van der Waals surface area contributed by atoms with Gasteiger partial charge in [0.25, 0.3) is 0 Å². The van der Waals surface area contributed by atoms with E-state index in [1.807, 2.05) is 0 Å². The molecule has 0 saturated heterocycles. The lowest BCUT2D eigenvalue weighted by Gasteiger charge is -2.13. The van der Waals surface area contributed by atoms with Crippen molar-refractivity contribution in [3.63, 3.8) is 0 Å². The molecule has 3 N–H and O–H groups in total. The van der Waals surface area contributed by atoms with Gasteiger partial charge < -0.3 is 15.8 Å². The van der Waals surface area contributed by atoms with Crippen LogP contribution in [-0.2, 0) is 11.3 Å². The van der Waals surface area contributed by atoms with Crippen molar-refractivity contribution in [1.82, 2.24) is 5.32 Å². The van der Waals surface area contributed by atoms with Gasteiger partial charge >= 0.3 is 6.61 Å². The predicted octanol–water partition coefficient (Wildman–Crippen LogP) is 2.45. The normalized spacial score (nSPS) is 21.0. The number of rotatable bonds is 5. The third-order valence-corrected chi connectivity index (χ3v) is 3.49. The maximum Gasteiger partial charge on any atom is 0.387 e. The first kappa shape index (κ1) is 17.7. The summed E-state index contributed by atoms with van der Waals surface area (Å²) in [6, 6.07) is 6.52. The molecule has 0 aliphatic heterocycles. The highest BCUT2D eigenvalue weighted by Gasteiger charge is 2.27. The Morgan fingerprint density at radius 2 is 2.10 bits per heavy atom. The standard InChI is InChI=1S/C14H18F2N2O2.ClH/c15-14(16)20-12-4-2-1-3-10(12)8-18-13(19)9-5-6-11(17)7-9;/h1-4,9,11,14H,5-8,17H2,(H,18,19);1H. The van der Waals surface area contributed by atoms with Crippen LogP contribution in [0.1, 0.15) is 24.8 Å². The Kier molecular flexibility index (Phi) is 6.84. The van der Waals surface area contributed by atoms with Gasteiger partial charge in [0.05, 0.1) is 0 Å². The molecule has 0 spiro atoms. The Morgan fingerprint density at radius 1 is 1.38 bits per heavy atom. The Balaban J connectivity index is 0.00000220. The van der Waals surface area contributed by atoms with Crippen LogP contribution in [0.15, 0.2) is 24.3 Å². The van der Waals surface area contributed by atoms with Gasteiger partial charge in [-0.3, -0.25) is 4.79 Å². The molecular weight excluding hydrogens is 302 g/mol. The number of alkyl halides is 2. The van der Waals surface area contributed by atoms with E-state index in [1.165, 1.54) is 6.07 Å². The molecule has 21 heavy (non-hydrogen) atoms. The van der Waals surface area contributed by atoms with Crippen LogP contribution in [0.2, 0.25) is 0 Å². The summed E-state index contributed by atoms with van der Waals surface area (Å²) in [5.74, 6) is -0.0658. The lowest BCUT2D eigenvalue weighted by Crippen LogP contribution is -2.30. The van der Waals surface area contributed by atoms with Crippen molar-refractivity contribution >= 4 is 18.3 Å². The molecule has 0 radical (unpaired) electrons. The fourth-order valence-corrected chi connectivity index (χ4v) is 2.44. The topological polar surface area (TPSA) is 64.4 Å². The van der Waals surface area contributed by atoms with Crippen molar-refractivity contribution in [2.24, 2.45) is 11.7 Å². The second kappa shape index (κ2) is 8.14. The third-order valence-electron chi connectivity index (χ3n) is 3.49. The minimum absolute atomic E-state index is 0. The highest BCUT2D eigenvalue weighted by molar-refractivity contribution is 5.85. The summed E-state index contributed by atoms with van der Waals surface area (Å²) in [7, 11) is 0. The number of hydrogen-bond acceptors (Lipinski definition) is 3. The molecule has 1 aromatic carbocycles. The fraction of sp³-hybridized carbons (Fsp3) is 0.500. The summed E-state index contributed by atoms with van der Waals surface area (Å²) >= 11 is 0. The minimum atomic E-state index is -2.88. The van der Waals surface area contributed by atoms with E-state index in [0.29, 0.717) is 12.0 Å². The van der Waals surface area contributed by atoms with Gasteiger partial charge in [-0.2, -0.15) is 8.78 Å². The zero-order chi connectivity index (χ0) is 14.5. The summed E-state index contributed by atoms with van der Waals surface area (Å²) in [5, 5.41) is 2.76. The van der Waals surface area contributed by atoms with Gasteiger partial charge in [0.15, 0.2) is 0 Å². The number of carbonyl (C=O) groups excluding carboxylic acids is 1. The molecule has 1 aromatic rings. The minimum Gasteiger partial charge on any atom is -0.434 e. The Bertz CT molecular complexity index is 474. The second-order valence-corrected chi connectivity index (χ2v) is 4.97. The lowest BCUT2D eigenvalue weighted by atomic mass is 10.1. The average molecular weight is 321 g/mol. The number of benzene rings is 1. The Hall–Kier alpha value is -1.40. The molecule has 1 saturated carbocycles. The van der Waals surface area contributed by atoms with E-state index < -0.39 is 6.61 Å². The van der Waals surface area contributed by atoms with E-state index in [1.54, 1.807) is 18.2 Å². The molecule has 1 aliphatic carbocycles. The van der Waals surface area contributed by atoms with E-state index in [4.69, 9.17) is 5.73 Å². The Morgan fingerprint density at radius 3 is 2.71 bits per heavy atom. The monoisotopic (exact) mass is 320 g/mol. The van der Waals surface area contributed by atoms with Gasteiger partial charge in [-0.05, 0) is 25.3 Å². The molecule has 4 nitrogen and oxygen atoms in total. The number of nitrogens with two attached hydrogens (primary N) is 1. The summed E-state index contributed by atoms with van der Waals surface area (Å²) in [6.07, 6.45) is 2.31. The van der Waals surface area contributed by atoms with Crippen LogP contribution in [0.3, 0.4) is 0 Å². The number of carbonyl (C=O) groups is 1. The highest BCUT2D eigenvalue weighted by Crippen LogP contribution is 2.25. The molecule has 1 amide bonds. The maximum atomic E-state index is 12.3. The van der Waals surface area contributed by atoms with E-state index in [2.05, 4.69) is 10.1 Å². The van der Waals surface area contributed by atoms with Crippen molar-refractivity contribution in [2.45, 2.75) is 38.5 Å². The van der Waals surface area contributed by atoms with Gasteiger partial charge in [0.1, 0.15) is 5.75 Å². The largest absolute Gasteiger partial charge is 0.434 e. The number of nitrogens with one attached hydrogen (secondary N) is 1. The zero-order valence-electron chi connectivity index (χ0n) is 11.4. The SMILES string of the molecule is Cl.NC1CCC(C(=O)NCc2ccccc2OC(F)F)C1. The van der Waals surface area contributed by atoms with Crippen LogP contribution < -0.4 is 15.8 Å². The van der Waals surface area contributed by atoms with E-state index in [-0.39, 0.29) is 42.6 Å². The number of halogens is 3. The molecule has 1 aliphatic rings. The van der Waals surface area contributed by atoms with Crippen molar-refractivity contribution in [3.8, 4) is 5.75 Å². The lowest BCUT2D eigenvalue weighted by molar-refractivity contribution is -0.125. The van der Waals surface area contributed by atoms with Crippen LogP contribution in [0, 0.1) is 5.92 Å².